The first kappa shape index (κ1) is 12.2. The number of hydrogen-bond acceptors (Lipinski definition) is 4. The number of aliphatic hydroxyl groups is 1. The van der Waals surface area contributed by atoms with Gasteiger partial charge in [-0.15, -0.1) is 0 Å². The molecule has 0 aliphatic rings. The first-order valence-electron chi connectivity index (χ1n) is 4.79. The van der Waals surface area contributed by atoms with Crippen molar-refractivity contribution in [2.75, 3.05) is 13.2 Å². The number of ether oxygens (including phenoxy) is 1. The van der Waals surface area contributed by atoms with Crippen molar-refractivity contribution in [2.24, 2.45) is 0 Å². The lowest BCUT2D eigenvalue weighted by atomic mass is 10.2. The van der Waals surface area contributed by atoms with E-state index in [9.17, 15) is 9.59 Å². The molecule has 0 unspecified atom stereocenters. The van der Waals surface area contributed by atoms with Crippen molar-refractivity contribution in [1.29, 1.82) is 0 Å². The zero-order valence-electron chi connectivity index (χ0n) is 8.68. The molecule has 1 aromatic rings. The first-order valence-corrected chi connectivity index (χ1v) is 4.79. The molecule has 1 rings (SSSR count). The summed E-state index contributed by atoms with van der Waals surface area (Å²) in [6, 6.07) is 9.19. The number of rotatable bonds is 5. The molecule has 0 atom stereocenters. The molecule has 2 N–H and O–H groups in total. The summed E-state index contributed by atoms with van der Waals surface area (Å²) in [7, 11) is 0. The van der Waals surface area contributed by atoms with Crippen molar-refractivity contribution in [3.05, 3.63) is 35.9 Å². The molecular formula is C11H13NO4. The van der Waals surface area contributed by atoms with E-state index < -0.39 is 18.5 Å². The van der Waals surface area contributed by atoms with Crippen molar-refractivity contribution >= 4 is 11.9 Å². The lowest BCUT2D eigenvalue weighted by Gasteiger charge is -2.05. The Balaban J connectivity index is 2.23. The molecule has 5 nitrogen and oxygen atoms in total. The maximum Gasteiger partial charge on any atom is 0.407 e. The fraction of sp³-hybridized carbons (Fsp3) is 0.273. The van der Waals surface area contributed by atoms with Gasteiger partial charge in [0.25, 0.3) is 0 Å². The maximum atomic E-state index is 11.1. The monoisotopic (exact) mass is 223 g/mol. The number of aliphatic hydroxyl groups excluding tert-OH is 1. The Morgan fingerprint density at radius 1 is 1.25 bits per heavy atom. The summed E-state index contributed by atoms with van der Waals surface area (Å²) in [6.45, 7) is -0.650. The van der Waals surface area contributed by atoms with E-state index in [1.165, 1.54) is 0 Å². The highest BCUT2D eigenvalue weighted by Gasteiger charge is 2.05. The number of nitrogens with one attached hydrogen (secondary N) is 1. The number of ketones is 1. The van der Waals surface area contributed by atoms with E-state index in [-0.39, 0.29) is 13.2 Å². The Kier molecular flexibility index (Phi) is 5.01. The Morgan fingerprint density at radius 3 is 2.56 bits per heavy atom. The molecule has 0 bridgehead atoms. The van der Waals surface area contributed by atoms with Gasteiger partial charge in [-0.2, -0.15) is 0 Å². The molecule has 0 aromatic heterocycles. The topological polar surface area (TPSA) is 75.6 Å². The Bertz CT molecular complexity index is 350. The molecule has 0 saturated heterocycles. The van der Waals surface area contributed by atoms with Crippen molar-refractivity contribution in [3.63, 3.8) is 0 Å². The lowest BCUT2D eigenvalue weighted by molar-refractivity contribution is -0.120. The minimum absolute atomic E-state index is 0.153. The van der Waals surface area contributed by atoms with E-state index in [4.69, 9.17) is 9.84 Å². The number of hydrogen-bond donors (Lipinski definition) is 2. The van der Waals surface area contributed by atoms with Gasteiger partial charge < -0.3 is 15.2 Å². The average Bonchev–Trinajstić information content (AvgIpc) is 2.34. The van der Waals surface area contributed by atoms with Gasteiger partial charge >= 0.3 is 6.09 Å². The van der Waals surface area contributed by atoms with Crippen LogP contribution in [-0.2, 0) is 16.1 Å². The van der Waals surface area contributed by atoms with Crippen LogP contribution in [0.5, 0.6) is 0 Å². The van der Waals surface area contributed by atoms with Crippen LogP contribution in [0, 0.1) is 0 Å². The van der Waals surface area contributed by atoms with E-state index in [2.05, 4.69) is 5.32 Å². The van der Waals surface area contributed by atoms with Crippen molar-refractivity contribution in [2.45, 2.75) is 6.61 Å². The Hall–Kier alpha value is -1.88. The number of amides is 1. The zero-order valence-corrected chi connectivity index (χ0v) is 8.68. The van der Waals surface area contributed by atoms with Crippen molar-refractivity contribution in [1.82, 2.24) is 5.32 Å². The average molecular weight is 223 g/mol. The van der Waals surface area contributed by atoms with Gasteiger partial charge in [-0.1, -0.05) is 30.3 Å². The molecule has 0 aliphatic carbocycles. The van der Waals surface area contributed by atoms with E-state index in [1.54, 1.807) is 0 Å². The minimum Gasteiger partial charge on any atom is -0.445 e. The van der Waals surface area contributed by atoms with Crippen LogP contribution in [0.3, 0.4) is 0 Å². The van der Waals surface area contributed by atoms with Gasteiger partial charge in [0.2, 0.25) is 0 Å². The smallest absolute Gasteiger partial charge is 0.407 e. The van der Waals surface area contributed by atoms with Crippen LogP contribution in [0.25, 0.3) is 0 Å². The van der Waals surface area contributed by atoms with Crippen LogP contribution in [0.2, 0.25) is 0 Å². The molecular weight excluding hydrogens is 210 g/mol. The molecule has 1 aromatic carbocycles. The van der Waals surface area contributed by atoms with Crippen LogP contribution in [-0.4, -0.2) is 30.1 Å². The summed E-state index contributed by atoms with van der Waals surface area (Å²) < 4.78 is 4.84. The second-order valence-electron chi connectivity index (χ2n) is 3.11. The second kappa shape index (κ2) is 6.58. The standard InChI is InChI=1S/C11H13NO4/c13-7-10(14)6-12-11(15)16-8-9-4-2-1-3-5-9/h1-5,13H,6-8H2,(H,12,15). The predicted octanol–water partition coefficient (Wildman–Crippen LogP) is 0.474. The van der Waals surface area contributed by atoms with E-state index in [0.29, 0.717) is 0 Å². The maximum absolute atomic E-state index is 11.1. The van der Waals surface area contributed by atoms with Crippen molar-refractivity contribution in [3.8, 4) is 0 Å². The number of carbonyl (C=O) groups excluding carboxylic acids is 2. The highest BCUT2D eigenvalue weighted by Crippen LogP contribution is 2.00. The summed E-state index contributed by atoms with van der Waals surface area (Å²) in [6.07, 6.45) is -0.675. The fourth-order valence-corrected chi connectivity index (χ4v) is 1.00. The van der Waals surface area contributed by atoms with Gasteiger partial charge in [-0.3, -0.25) is 4.79 Å². The van der Waals surface area contributed by atoms with Gasteiger partial charge in [0, 0.05) is 0 Å². The second-order valence-corrected chi connectivity index (χ2v) is 3.11. The molecule has 5 heteroatoms. The summed E-state index contributed by atoms with van der Waals surface area (Å²) in [4.78, 5) is 21.7. The number of alkyl carbamates (subject to hydrolysis) is 1. The number of carbonyl (C=O) groups is 2. The molecule has 86 valence electrons. The molecule has 0 aliphatic heterocycles. The summed E-state index contributed by atoms with van der Waals surface area (Å²) in [5.74, 6) is -0.461. The summed E-state index contributed by atoms with van der Waals surface area (Å²) in [5.41, 5.74) is 0.867. The lowest BCUT2D eigenvalue weighted by Crippen LogP contribution is -2.31. The van der Waals surface area contributed by atoms with E-state index >= 15 is 0 Å². The Labute approximate surface area is 93.0 Å². The molecule has 0 saturated carbocycles. The largest absolute Gasteiger partial charge is 0.445 e. The van der Waals surface area contributed by atoms with Crippen LogP contribution in [0.15, 0.2) is 30.3 Å². The highest BCUT2D eigenvalue weighted by atomic mass is 16.5. The molecule has 0 radical (unpaired) electrons. The van der Waals surface area contributed by atoms with Gasteiger partial charge in [0.05, 0.1) is 6.54 Å². The highest BCUT2D eigenvalue weighted by molar-refractivity contribution is 5.84. The third-order valence-corrected chi connectivity index (χ3v) is 1.82. The zero-order chi connectivity index (χ0) is 11.8. The molecule has 0 fully saturated rings. The van der Waals surface area contributed by atoms with Gasteiger partial charge in [0.15, 0.2) is 5.78 Å². The normalized spacial score (nSPS) is 9.56. The third-order valence-electron chi connectivity index (χ3n) is 1.82. The molecule has 1 amide bonds. The minimum atomic E-state index is -0.675. The van der Waals surface area contributed by atoms with E-state index in [0.717, 1.165) is 5.56 Å². The third kappa shape index (κ3) is 4.56. The van der Waals surface area contributed by atoms with Crippen molar-refractivity contribution < 1.29 is 19.4 Å². The quantitative estimate of drug-likeness (QED) is 0.761. The van der Waals surface area contributed by atoms with Gasteiger partial charge in [-0.05, 0) is 5.56 Å². The number of benzene rings is 1. The number of Topliss-reactive ketones (excluding diaryl/α,β-unsaturated/α-hetero) is 1. The summed E-state index contributed by atoms with van der Waals surface area (Å²) in [5, 5.41) is 10.6. The predicted molar refractivity (Wildman–Crippen MR) is 56.7 cm³/mol. The van der Waals surface area contributed by atoms with E-state index in [1.807, 2.05) is 30.3 Å². The first-order chi connectivity index (χ1) is 7.72. The fourth-order valence-electron chi connectivity index (χ4n) is 1.00. The summed E-state index contributed by atoms with van der Waals surface area (Å²) >= 11 is 0. The molecule has 0 heterocycles. The molecule has 0 spiro atoms. The van der Waals surface area contributed by atoms with Crippen LogP contribution >= 0.6 is 0 Å². The van der Waals surface area contributed by atoms with Gasteiger partial charge in [-0.25, -0.2) is 4.79 Å². The van der Waals surface area contributed by atoms with Crippen LogP contribution in [0.4, 0.5) is 4.79 Å². The SMILES string of the molecule is O=C(CO)CNC(=O)OCc1ccccc1. The van der Waals surface area contributed by atoms with Gasteiger partial charge in [0.1, 0.15) is 13.2 Å². The van der Waals surface area contributed by atoms with Crippen LogP contribution < -0.4 is 5.32 Å². The Morgan fingerprint density at radius 2 is 1.94 bits per heavy atom. The van der Waals surface area contributed by atoms with Crippen LogP contribution in [0.1, 0.15) is 5.56 Å². The molecule has 16 heavy (non-hydrogen) atoms.